The topological polar surface area (TPSA) is 67.0 Å². The number of amides is 1. The fourth-order valence-electron chi connectivity index (χ4n) is 1.92. The molecule has 5 nitrogen and oxygen atoms in total. The monoisotopic (exact) mass is 285 g/mol. The van der Waals surface area contributed by atoms with Gasteiger partial charge in [0.05, 0.1) is 17.4 Å². The van der Waals surface area contributed by atoms with Crippen LogP contribution in [0.5, 0.6) is 5.75 Å². The number of hydrogen-bond donors (Lipinski definition) is 2. The predicted octanol–water partition coefficient (Wildman–Crippen LogP) is 2.72. The van der Waals surface area contributed by atoms with Crippen LogP contribution >= 0.6 is 0 Å². The fraction of sp³-hybridized carbons (Fsp3) is 0.0667. The summed E-state index contributed by atoms with van der Waals surface area (Å²) < 4.78 is 18.2. The first-order chi connectivity index (χ1) is 10.2. The Morgan fingerprint density at radius 1 is 1.29 bits per heavy atom. The first kappa shape index (κ1) is 13.1. The number of nitrogens with one attached hydrogen (secondary N) is 2. The second-order valence-corrected chi connectivity index (χ2v) is 4.43. The molecule has 1 aromatic heterocycles. The second-order valence-electron chi connectivity index (χ2n) is 4.43. The molecule has 0 spiro atoms. The van der Waals surface area contributed by atoms with E-state index in [1.165, 1.54) is 18.2 Å². The molecule has 0 bridgehead atoms. The summed E-state index contributed by atoms with van der Waals surface area (Å²) in [4.78, 5) is 18.8. The van der Waals surface area contributed by atoms with E-state index < -0.39 is 5.82 Å². The van der Waals surface area contributed by atoms with Gasteiger partial charge >= 0.3 is 0 Å². The van der Waals surface area contributed by atoms with Gasteiger partial charge in [-0.15, -0.1) is 0 Å². The lowest BCUT2D eigenvalue weighted by molar-refractivity contribution is -0.118. The number of aromatic amines is 1. The maximum atomic E-state index is 13.0. The van der Waals surface area contributed by atoms with Gasteiger partial charge in [-0.1, -0.05) is 6.07 Å². The molecule has 3 rings (SSSR count). The zero-order valence-electron chi connectivity index (χ0n) is 11.0. The third-order valence-corrected chi connectivity index (χ3v) is 2.87. The van der Waals surface area contributed by atoms with Crippen molar-refractivity contribution in [1.29, 1.82) is 0 Å². The average molecular weight is 285 g/mol. The van der Waals surface area contributed by atoms with Gasteiger partial charge in [0.25, 0.3) is 5.91 Å². The van der Waals surface area contributed by atoms with E-state index in [2.05, 4.69) is 15.3 Å². The van der Waals surface area contributed by atoms with Gasteiger partial charge in [-0.3, -0.25) is 4.79 Å². The Kier molecular flexibility index (Phi) is 3.51. The lowest BCUT2D eigenvalue weighted by Crippen LogP contribution is -2.20. The Hall–Kier alpha value is -2.89. The van der Waals surface area contributed by atoms with Crippen molar-refractivity contribution in [3.05, 3.63) is 54.6 Å². The summed E-state index contributed by atoms with van der Waals surface area (Å²) in [5, 5.41) is 2.70. The molecule has 0 atom stereocenters. The molecule has 1 heterocycles. The highest BCUT2D eigenvalue weighted by molar-refractivity contribution is 5.93. The van der Waals surface area contributed by atoms with Crippen molar-refractivity contribution in [2.75, 3.05) is 11.9 Å². The van der Waals surface area contributed by atoms with Gasteiger partial charge < -0.3 is 15.0 Å². The lowest BCUT2D eigenvalue weighted by atomic mass is 10.3. The number of nitrogens with zero attached hydrogens (tertiary/aromatic N) is 1. The molecule has 1 amide bonds. The van der Waals surface area contributed by atoms with Crippen molar-refractivity contribution >= 4 is 22.6 Å². The molecule has 3 aromatic rings. The zero-order chi connectivity index (χ0) is 14.7. The highest BCUT2D eigenvalue weighted by atomic mass is 19.1. The van der Waals surface area contributed by atoms with E-state index in [1.807, 2.05) is 0 Å². The molecule has 0 unspecified atom stereocenters. The Morgan fingerprint density at radius 2 is 2.19 bits per heavy atom. The lowest BCUT2D eigenvalue weighted by Gasteiger charge is -2.07. The minimum absolute atomic E-state index is 0.190. The summed E-state index contributed by atoms with van der Waals surface area (Å²) in [7, 11) is 0. The van der Waals surface area contributed by atoms with Gasteiger partial charge in [-0.25, -0.2) is 9.37 Å². The molecule has 21 heavy (non-hydrogen) atoms. The highest BCUT2D eigenvalue weighted by Gasteiger charge is 2.05. The number of H-pyrrole nitrogens is 1. The minimum Gasteiger partial charge on any atom is -0.484 e. The number of aromatic nitrogens is 2. The molecular weight excluding hydrogens is 273 g/mol. The normalized spacial score (nSPS) is 10.5. The van der Waals surface area contributed by atoms with Crippen molar-refractivity contribution < 1.29 is 13.9 Å². The second kappa shape index (κ2) is 5.62. The Balaban J connectivity index is 1.60. The highest BCUT2D eigenvalue weighted by Crippen LogP contribution is 2.16. The number of benzene rings is 2. The van der Waals surface area contributed by atoms with Gasteiger partial charge in [-0.2, -0.15) is 0 Å². The summed E-state index contributed by atoms with van der Waals surface area (Å²) in [6.07, 6.45) is 1.59. The Labute approximate surface area is 119 Å². The van der Waals surface area contributed by atoms with Crippen LogP contribution < -0.4 is 10.1 Å². The molecular formula is C15H12FN3O2. The van der Waals surface area contributed by atoms with Crippen molar-refractivity contribution in [2.45, 2.75) is 0 Å². The molecule has 6 heteroatoms. The molecule has 0 radical (unpaired) electrons. The molecule has 0 fully saturated rings. The Bertz CT molecular complexity index is 785. The van der Waals surface area contributed by atoms with Crippen LogP contribution in [0, 0.1) is 5.82 Å². The van der Waals surface area contributed by atoms with E-state index in [1.54, 1.807) is 30.6 Å². The van der Waals surface area contributed by atoms with Crippen LogP contribution in [0.3, 0.4) is 0 Å². The fourth-order valence-corrected chi connectivity index (χ4v) is 1.92. The van der Waals surface area contributed by atoms with Crippen LogP contribution in [0.15, 0.2) is 48.8 Å². The first-order valence-electron chi connectivity index (χ1n) is 6.32. The number of ether oxygens (including phenoxy) is 1. The van der Waals surface area contributed by atoms with E-state index in [4.69, 9.17) is 4.74 Å². The summed E-state index contributed by atoms with van der Waals surface area (Å²) in [5.41, 5.74) is 2.29. The van der Waals surface area contributed by atoms with E-state index >= 15 is 0 Å². The van der Waals surface area contributed by atoms with Crippen LogP contribution in [-0.4, -0.2) is 22.5 Å². The summed E-state index contributed by atoms with van der Waals surface area (Å²) in [6.45, 7) is -0.190. The van der Waals surface area contributed by atoms with Crippen molar-refractivity contribution in [1.82, 2.24) is 9.97 Å². The molecule has 0 aliphatic heterocycles. The third kappa shape index (κ3) is 3.17. The van der Waals surface area contributed by atoms with Crippen molar-refractivity contribution in [3.63, 3.8) is 0 Å². The van der Waals surface area contributed by atoms with Crippen molar-refractivity contribution in [2.24, 2.45) is 0 Å². The van der Waals surface area contributed by atoms with Gasteiger partial charge in [-0.05, 0) is 30.3 Å². The number of carbonyl (C=O) groups is 1. The smallest absolute Gasteiger partial charge is 0.262 e. The molecule has 106 valence electrons. The van der Waals surface area contributed by atoms with E-state index in [-0.39, 0.29) is 12.5 Å². The number of halogens is 1. The van der Waals surface area contributed by atoms with Crippen LogP contribution in [0.25, 0.3) is 11.0 Å². The molecule has 2 aromatic carbocycles. The summed E-state index contributed by atoms with van der Waals surface area (Å²) >= 11 is 0. The van der Waals surface area contributed by atoms with Crippen LogP contribution in [0.1, 0.15) is 0 Å². The maximum absolute atomic E-state index is 13.0. The van der Waals surface area contributed by atoms with E-state index in [9.17, 15) is 9.18 Å². The third-order valence-electron chi connectivity index (χ3n) is 2.87. The Morgan fingerprint density at radius 3 is 3.05 bits per heavy atom. The summed E-state index contributed by atoms with van der Waals surface area (Å²) in [5.74, 6) is -0.412. The maximum Gasteiger partial charge on any atom is 0.262 e. The summed E-state index contributed by atoms with van der Waals surface area (Å²) in [6, 6.07) is 11.0. The minimum atomic E-state index is -0.405. The van der Waals surface area contributed by atoms with Crippen molar-refractivity contribution in [3.8, 4) is 5.75 Å². The number of fused-ring (bicyclic) bond motifs is 1. The zero-order valence-corrected chi connectivity index (χ0v) is 11.0. The van der Waals surface area contributed by atoms with Gasteiger partial charge in [0.1, 0.15) is 11.6 Å². The molecule has 0 aliphatic rings. The first-order valence-corrected chi connectivity index (χ1v) is 6.32. The largest absolute Gasteiger partial charge is 0.484 e. The van der Waals surface area contributed by atoms with Crippen LogP contribution in [0.2, 0.25) is 0 Å². The van der Waals surface area contributed by atoms with Gasteiger partial charge in [0, 0.05) is 11.8 Å². The number of imidazole rings is 1. The van der Waals surface area contributed by atoms with E-state index in [0.717, 1.165) is 11.0 Å². The van der Waals surface area contributed by atoms with E-state index in [0.29, 0.717) is 11.4 Å². The predicted molar refractivity (Wildman–Crippen MR) is 76.6 cm³/mol. The van der Waals surface area contributed by atoms with Crippen LogP contribution in [-0.2, 0) is 4.79 Å². The van der Waals surface area contributed by atoms with Crippen LogP contribution in [0.4, 0.5) is 10.1 Å². The van der Waals surface area contributed by atoms with Gasteiger partial charge in [0.2, 0.25) is 0 Å². The SMILES string of the molecule is O=C(COc1cccc(F)c1)Nc1ccc2nc[nH]c2c1. The number of hydrogen-bond acceptors (Lipinski definition) is 3. The quantitative estimate of drug-likeness (QED) is 0.774. The molecule has 0 aliphatic carbocycles. The standard InChI is InChI=1S/C15H12FN3O2/c16-10-2-1-3-12(6-10)21-8-15(20)19-11-4-5-13-14(7-11)18-9-17-13/h1-7,9H,8H2,(H,17,18)(H,19,20). The van der Waals surface area contributed by atoms with Gasteiger partial charge in [0.15, 0.2) is 6.61 Å². The molecule has 0 saturated heterocycles. The number of anilines is 1. The number of carbonyl (C=O) groups excluding carboxylic acids is 1. The molecule has 2 N–H and O–H groups in total. The number of rotatable bonds is 4. The average Bonchev–Trinajstić information content (AvgIpc) is 2.93. The molecule has 0 saturated carbocycles.